The van der Waals surface area contributed by atoms with Crippen molar-refractivity contribution in [2.24, 2.45) is 0 Å². The van der Waals surface area contributed by atoms with E-state index >= 15 is 0 Å². The summed E-state index contributed by atoms with van der Waals surface area (Å²) in [4.78, 5) is 0. The minimum atomic E-state index is -0.176. The molecule has 1 aromatic carbocycles. The molecule has 1 aliphatic heterocycles. The molecule has 2 unspecified atom stereocenters. The minimum absolute atomic E-state index is 0.176. The predicted molar refractivity (Wildman–Crippen MR) is 61.8 cm³/mol. The average Bonchev–Trinajstić information content (AvgIpc) is 2.78. The molecule has 0 amide bonds. The molecule has 1 fully saturated rings. The molecule has 1 aliphatic rings. The Kier molecular flexibility index (Phi) is 3.91. The van der Waals surface area contributed by atoms with E-state index in [1.165, 1.54) is 6.07 Å². The van der Waals surface area contributed by atoms with E-state index in [1.54, 1.807) is 12.1 Å². The molecule has 0 aromatic heterocycles. The zero-order valence-electron chi connectivity index (χ0n) is 9.58. The van der Waals surface area contributed by atoms with Gasteiger partial charge in [0, 0.05) is 12.6 Å². The summed E-state index contributed by atoms with van der Waals surface area (Å²) in [6, 6.07) is 6.96. The van der Waals surface area contributed by atoms with Gasteiger partial charge in [0.25, 0.3) is 0 Å². The Morgan fingerprint density at radius 2 is 2.44 bits per heavy atom. The smallest absolute Gasteiger partial charge is 0.123 e. The predicted octanol–water partition coefficient (Wildman–Crippen LogP) is 2.66. The average molecular weight is 223 g/mol. The second-order valence-electron chi connectivity index (χ2n) is 4.27. The van der Waals surface area contributed by atoms with Crippen LogP contribution in [0.25, 0.3) is 0 Å². The van der Waals surface area contributed by atoms with Gasteiger partial charge in [-0.15, -0.1) is 0 Å². The van der Waals surface area contributed by atoms with Gasteiger partial charge >= 0.3 is 0 Å². The highest BCUT2D eigenvalue weighted by atomic mass is 19.1. The van der Waals surface area contributed by atoms with Gasteiger partial charge in [-0.2, -0.15) is 0 Å². The fourth-order valence-corrected chi connectivity index (χ4v) is 2.24. The molecular weight excluding hydrogens is 205 g/mol. The van der Waals surface area contributed by atoms with Crippen molar-refractivity contribution in [2.45, 2.75) is 31.4 Å². The van der Waals surface area contributed by atoms with Crippen molar-refractivity contribution < 1.29 is 9.13 Å². The van der Waals surface area contributed by atoms with Crippen molar-refractivity contribution in [1.82, 2.24) is 5.32 Å². The van der Waals surface area contributed by atoms with Crippen molar-refractivity contribution in [3.63, 3.8) is 0 Å². The standard InChI is InChI=1S/C13H18FNO/c1-15-13(9-12-6-3-7-16-12)10-4-2-5-11(14)8-10/h2,4-5,8,12-13,15H,3,6-7,9H2,1H3. The van der Waals surface area contributed by atoms with Gasteiger partial charge in [0.2, 0.25) is 0 Å². The first-order chi connectivity index (χ1) is 7.79. The molecule has 0 saturated carbocycles. The summed E-state index contributed by atoms with van der Waals surface area (Å²) in [6.07, 6.45) is 3.50. The summed E-state index contributed by atoms with van der Waals surface area (Å²) < 4.78 is 18.7. The molecule has 1 saturated heterocycles. The SMILES string of the molecule is CNC(CC1CCCO1)c1cccc(F)c1. The molecule has 0 radical (unpaired) electrons. The van der Waals surface area contributed by atoms with Gasteiger partial charge in [0.05, 0.1) is 6.10 Å². The van der Waals surface area contributed by atoms with Gasteiger partial charge in [0.15, 0.2) is 0 Å². The van der Waals surface area contributed by atoms with Crippen molar-refractivity contribution in [3.05, 3.63) is 35.6 Å². The van der Waals surface area contributed by atoms with Crippen LogP contribution in [0.4, 0.5) is 4.39 Å². The van der Waals surface area contributed by atoms with Gasteiger partial charge in [0.1, 0.15) is 5.82 Å². The summed E-state index contributed by atoms with van der Waals surface area (Å²) in [5, 5.41) is 3.23. The van der Waals surface area contributed by atoms with Gasteiger partial charge in [-0.3, -0.25) is 0 Å². The monoisotopic (exact) mass is 223 g/mol. The second-order valence-corrected chi connectivity index (χ2v) is 4.27. The van der Waals surface area contributed by atoms with Gasteiger partial charge < -0.3 is 10.1 Å². The molecule has 1 aromatic rings. The van der Waals surface area contributed by atoms with Crippen LogP contribution in [-0.2, 0) is 4.74 Å². The van der Waals surface area contributed by atoms with E-state index in [9.17, 15) is 4.39 Å². The van der Waals surface area contributed by atoms with Crippen LogP contribution in [-0.4, -0.2) is 19.8 Å². The highest BCUT2D eigenvalue weighted by Gasteiger charge is 2.21. The Hall–Kier alpha value is -0.930. The maximum atomic E-state index is 13.1. The van der Waals surface area contributed by atoms with Gasteiger partial charge in [-0.25, -0.2) is 4.39 Å². The molecule has 3 heteroatoms. The lowest BCUT2D eigenvalue weighted by Crippen LogP contribution is -2.22. The van der Waals surface area contributed by atoms with Crippen molar-refractivity contribution >= 4 is 0 Å². The third-order valence-electron chi connectivity index (χ3n) is 3.12. The molecule has 2 atom stereocenters. The lowest BCUT2D eigenvalue weighted by molar-refractivity contribution is 0.0953. The lowest BCUT2D eigenvalue weighted by Gasteiger charge is -2.20. The Morgan fingerprint density at radius 1 is 1.56 bits per heavy atom. The van der Waals surface area contributed by atoms with Crippen molar-refractivity contribution in [2.75, 3.05) is 13.7 Å². The quantitative estimate of drug-likeness (QED) is 0.847. The minimum Gasteiger partial charge on any atom is -0.378 e. The molecule has 0 bridgehead atoms. The number of halogens is 1. The number of hydrogen-bond donors (Lipinski definition) is 1. The fourth-order valence-electron chi connectivity index (χ4n) is 2.24. The molecule has 16 heavy (non-hydrogen) atoms. The molecule has 0 spiro atoms. The van der Waals surface area contributed by atoms with E-state index in [4.69, 9.17) is 4.74 Å². The van der Waals surface area contributed by atoms with Crippen LogP contribution in [0.1, 0.15) is 30.9 Å². The summed E-state index contributed by atoms with van der Waals surface area (Å²) in [5.74, 6) is -0.176. The first kappa shape index (κ1) is 11.6. The lowest BCUT2D eigenvalue weighted by atomic mass is 9.99. The van der Waals surface area contributed by atoms with E-state index < -0.39 is 0 Å². The Bertz CT molecular complexity index is 336. The van der Waals surface area contributed by atoms with E-state index in [0.29, 0.717) is 6.10 Å². The molecule has 88 valence electrons. The summed E-state index contributed by atoms with van der Waals surface area (Å²) in [5.41, 5.74) is 0.998. The topological polar surface area (TPSA) is 21.3 Å². The van der Waals surface area contributed by atoms with Crippen molar-refractivity contribution in [1.29, 1.82) is 0 Å². The second kappa shape index (κ2) is 5.41. The first-order valence-electron chi connectivity index (χ1n) is 5.84. The van der Waals surface area contributed by atoms with Crippen LogP contribution in [0.15, 0.2) is 24.3 Å². The normalized spacial score (nSPS) is 22.2. The summed E-state index contributed by atoms with van der Waals surface area (Å²) >= 11 is 0. The molecule has 1 heterocycles. The molecule has 0 aliphatic carbocycles. The van der Waals surface area contributed by atoms with E-state index in [2.05, 4.69) is 5.32 Å². The van der Waals surface area contributed by atoms with Crippen LogP contribution in [0.3, 0.4) is 0 Å². The molecular formula is C13H18FNO. The zero-order chi connectivity index (χ0) is 11.4. The highest BCUT2D eigenvalue weighted by Crippen LogP contribution is 2.25. The van der Waals surface area contributed by atoms with Crippen molar-refractivity contribution in [3.8, 4) is 0 Å². The number of ether oxygens (including phenoxy) is 1. The maximum absolute atomic E-state index is 13.1. The highest BCUT2D eigenvalue weighted by molar-refractivity contribution is 5.20. The third-order valence-corrected chi connectivity index (χ3v) is 3.12. The summed E-state index contributed by atoms with van der Waals surface area (Å²) in [6.45, 7) is 0.865. The Balaban J connectivity index is 2.03. The number of hydrogen-bond acceptors (Lipinski definition) is 2. The Labute approximate surface area is 95.8 Å². The van der Waals surface area contributed by atoms with E-state index in [-0.39, 0.29) is 11.9 Å². The third kappa shape index (κ3) is 2.80. The van der Waals surface area contributed by atoms with Crippen LogP contribution in [0.5, 0.6) is 0 Å². The Morgan fingerprint density at radius 3 is 3.06 bits per heavy atom. The van der Waals surface area contributed by atoms with Crippen LogP contribution < -0.4 is 5.32 Å². The van der Waals surface area contributed by atoms with E-state index in [0.717, 1.165) is 31.4 Å². The fraction of sp³-hybridized carbons (Fsp3) is 0.538. The van der Waals surface area contributed by atoms with Crippen LogP contribution in [0.2, 0.25) is 0 Å². The molecule has 1 N–H and O–H groups in total. The first-order valence-corrected chi connectivity index (χ1v) is 5.84. The largest absolute Gasteiger partial charge is 0.378 e. The maximum Gasteiger partial charge on any atom is 0.123 e. The van der Waals surface area contributed by atoms with E-state index in [1.807, 2.05) is 13.1 Å². The number of benzene rings is 1. The van der Waals surface area contributed by atoms with Gasteiger partial charge in [-0.1, -0.05) is 12.1 Å². The van der Waals surface area contributed by atoms with Crippen LogP contribution >= 0.6 is 0 Å². The number of rotatable bonds is 4. The number of nitrogens with one attached hydrogen (secondary N) is 1. The van der Waals surface area contributed by atoms with Crippen LogP contribution in [0, 0.1) is 5.82 Å². The summed E-state index contributed by atoms with van der Waals surface area (Å²) in [7, 11) is 1.91. The molecule has 2 rings (SSSR count). The zero-order valence-corrected chi connectivity index (χ0v) is 9.58. The van der Waals surface area contributed by atoms with Gasteiger partial charge in [-0.05, 0) is 44.0 Å². The molecule has 2 nitrogen and oxygen atoms in total.